The molecule has 2 amide bonds. The SMILES string of the molecule is CC1Cn2c(nnc2-c2cccc(-n3c(N)c4c(cc3=O)C(=O)NC4=O)c2)S1. The summed E-state index contributed by atoms with van der Waals surface area (Å²) in [6, 6.07) is 8.26. The van der Waals surface area contributed by atoms with Gasteiger partial charge in [0.15, 0.2) is 11.0 Å². The van der Waals surface area contributed by atoms with Gasteiger partial charge in [-0.15, -0.1) is 10.2 Å². The van der Waals surface area contributed by atoms with E-state index >= 15 is 0 Å². The second-order valence-corrected chi connectivity index (χ2v) is 8.08. The van der Waals surface area contributed by atoms with Crippen molar-refractivity contribution in [2.45, 2.75) is 23.9 Å². The van der Waals surface area contributed by atoms with Gasteiger partial charge in [0.2, 0.25) is 0 Å². The van der Waals surface area contributed by atoms with Crippen molar-refractivity contribution < 1.29 is 9.59 Å². The first-order valence-electron chi connectivity index (χ1n) is 8.56. The van der Waals surface area contributed by atoms with Crippen LogP contribution in [0.5, 0.6) is 0 Å². The molecule has 0 fully saturated rings. The lowest BCUT2D eigenvalue weighted by Crippen LogP contribution is -2.24. The van der Waals surface area contributed by atoms with Crippen LogP contribution < -0.4 is 16.6 Å². The van der Waals surface area contributed by atoms with E-state index < -0.39 is 17.4 Å². The Hall–Kier alpha value is -3.40. The predicted molar refractivity (Wildman–Crippen MR) is 103 cm³/mol. The summed E-state index contributed by atoms with van der Waals surface area (Å²) in [6.07, 6.45) is 0. The van der Waals surface area contributed by atoms with Crippen LogP contribution in [-0.4, -0.2) is 36.4 Å². The van der Waals surface area contributed by atoms with Crippen molar-refractivity contribution in [2.75, 3.05) is 5.73 Å². The molecule has 140 valence electrons. The Morgan fingerprint density at radius 1 is 1.18 bits per heavy atom. The van der Waals surface area contributed by atoms with Gasteiger partial charge in [-0.1, -0.05) is 30.8 Å². The summed E-state index contributed by atoms with van der Waals surface area (Å²) in [5.41, 5.74) is 6.89. The Kier molecular flexibility index (Phi) is 3.47. The Bertz CT molecular complexity index is 1240. The number of imide groups is 1. The minimum atomic E-state index is -0.615. The number of carbonyl (C=O) groups is 2. The van der Waals surface area contributed by atoms with Crippen molar-refractivity contribution in [2.24, 2.45) is 0 Å². The van der Waals surface area contributed by atoms with Crippen LogP contribution in [0.2, 0.25) is 0 Å². The predicted octanol–water partition coefficient (Wildman–Crippen LogP) is 1.06. The number of nitrogens with zero attached hydrogens (tertiary/aromatic N) is 4. The number of hydrogen-bond donors (Lipinski definition) is 2. The topological polar surface area (TPSA) is 125 Å². The average Bonchev–Trinajstić information content (AvgIpc) is 3.28. The molecule has 1 aromatic carbocycles. The van der Waals surface area contributed by atoms with Crippen LogP contribution in [0.1, 0.15) is 27.6 Å². The summed E-state index contributed by atoms with van der Waals surface area (Å²) in [5, 5.41) is 11.9. The van der Waals surface area contributed by atoms with Gasteiger partial charge in [0.05, 0.1) is 16.8 Å². The van der Waals surface area contributed by atoms with Crippen LogP contribution in [0.3, 0.4) is 0 Å². The number of amides is 2. The first kappa shape index (κ1) is 16.8. The maximum Gasteiger partial charge on any atom is 0.262 e. The summed E-state index contributed by atoms with van der Waals surface area (Å²) in [7, 11) is 0. The second-order valence-electron chi connectivity index (χ2n) is 6.67. The molecule has 0 bridgehead atoms. The van der Waals surface area contributed by atoms with Crippen LogP contribution in [0.4, 0.5) is 5.82 Å². The number of thioether (sulfide) groups is 1. The zero-order chi connectivity index (χ0) is 19.6. The third-order valence-corrected chi connectivity index (χ3v) is 5.84. The lowest BCUT2D eigenvalue weighted by Gasteiger charge is -2.13. The van der Waals surface area contributed by atoms with E-state index in [0.717, 1.165) is 23.3 Å². The van der Waals surface area contributed by atoms with Gasteiger partial charge >= 0.3 is 0 Å². The second kappa shape index (κ2) is 5.80. The van der Waals surface area contributed by atoms with Crippen LogP contribution in [0.25, 0.3) is 17.1 Å². The number of carbonyl (C=O) groups excluding carboxylic acids is 2. The molecule has 5 rings (SSSR count). The van der Waals surface area contributed by atoms with E-state index in [-0.39, 0.29) is 16.9 Å². The molecule has 4 heterocycles. The first-order chi connectivity index (χ1) is 13.4. The molecule has 28 heavy (non-hydrogen) atoms. The van der Waals surface area contributed by atoms with E-state index in [4.69, 9.17) is 5.73 Å². The summed E-state index contributed by atoms with van der Waals surface area (Å²) in [6.45, 7) is 2.92. The van der Waals surface area contributed by atoms with Crippen molar-refractivity contribution >= 4 is 29.4 Å². The molecule has 1 atom stereocenters. The molecule has 9 nitrogen and oxygen atoms in total. The highest BCUT2D eigenvalue weighted by atomic mass is 32.2. The lowest BCUT2D eigenvalue weighted by atomic mass is 10.1. The standard InChI is InChI=1S/C18H14N6O3S/c1-8-7-23-15(21-22-18(23)28-8)9-3-2-4-10(5-9)24-12(25)6-11-13(14(24)19)17(27)20-16(11)26/h2-6,8H,7,19H2,1H3,(H,20,26,27). The molecule has 0 spiro atoms. The number of benzene rings is 1. The van der Waals surface area contributed by atoms with Crippen molar-refractivity contribution in [3.63, 3.8) is 0 Å². The molecular formula is C18H14N6O3S. The summed E-state index contributed by atoms with van der Waals surface area (Å²) in [5.74, 6) is -0.591. The van der Waals surface area contributed by atoms with Crippen molar-refractivity contribution in [3.8, 4) is 17.1 Å². The fourth-order valence-corrected chi connectivity index (χ4v) is 4.52. The molecule has 2 aromatic heterocycles. The van der Waals surface area contributed by atoms with E-state index in [0.29, 0.717) is 16.8 Å². The Morgan fingerprint density at radius 2 is 2.00 bits per heavy atom. The Morgan fingerprint density at radius 3 is 2.82 bits per heavy atom. The molecule has 2 aliphatic heterocycles. The molecule has 0 saturated carbocycles. The highest BCUT2D eigenvalue weighted by Gasteiger charge is 2.32. The smallest absolute Gasteiger partial charge is 0.262 e. The third-order valence-electron chi connectivity index (χ3n) is 4.78. The minimum Gasteiger partial charge on any atom is -0.384 e. The zero-order valence-corrected chi connectivity index (χ0v) is 15.5. The summed E-state index contributed by atoms with van der Waals surface area (Å²) >= 11 is 1.66. The van der Waals surface area contributed by atoms with E-state index in [9.17, 15) is 14.4 Å². The number of nitrogens with two attached hydrogens (primary N) is 1. The van der Waals surface area contributed by atoms with Crippen LogP contribution >= 0.6 is 11.8 Å². The van der Waals surface area contributed by atoms with Gasteiger partial charge in [0.25, 0.3) is 17.4 Å². The number of fused-ring (bicyclic) bond motifs is 2. The van der Waals surface area contributed by atoms with Crippen molar-refractivity contribution in [3.05, 3.63) is 51.8 Å². The van der Waals surface area contributed by atoms with E-state index in [1.807, 2.05) is 10.6 Å². The minimum absolute atomic E-state index is 0.00111. The molecular weight excluding hydrogens is 380 g/mol. The van der Waals surface area contributed by atoms with Gasteiger partial charge in [-0.25, -0.2) is 0 Å². The van der Waals surface area contributed by atoms with E-state index in [1.165, 1.54) is 4.57 Å². The van der Waals surface area contributed by atoms with Gasteiger partial charge in [0, 0.05) is 23.4 Å². The van der Waals surface area contributed by atoms with E-state index in [1.54, 1.807) is 30.0 Å². The number of hydrogen-bond acceptors (Lipinski definition) is 7. The first-order valence-corrected chi connectivity index (χ1v) is 9.44. The van der Waals surface area contributed by atoms with Crippen molar-refractivity contribution in [1.29, 1.82) is 0 Å². The number of rotatable bonds is 2. The maximum absolute atomic E-state index is 12.6. The molecule has 0 aliphatic carbocycles. The largest absolute Gasteiger partial charge is 0.384 e. The molecule has 0 saturated heterocycles. The number of anilines is 1. The summed E-state index contributed by atoms with van der Waals surface area (Å²) in [4.78, 5) is 36.5. The van der Waals surface area contributed by atoms with Crippen LogP contribution in [-0.2, 0) is 6.54 Å². The third kappa shape index (κ3) is 2.31. The van der Waals surface area contributed by atoms with Gasteiger partial charge in [-0.2, -0.15) is 0 Å². The Labute approximate surface area is 162 Å². The van der Waals surface area contributed by atoms with Gasteiger partial charge in [-0.3, -0.25) is 24.3 Å². The highest BCUT2D eigenvalue weighted by Crippen LogP contribution is 2.34. The van der Waals surface area contributed by atoms with Gasteiger partial charge in [-0.05, 0) is 12.1 Å². The molecule has 3 N–H and O–H groups in total. The number of nitrogens with one attached hydrogen (secondary N) is 1. The molecule has 10 heteroatoms. The van der Waals surface area contributed by atoms with Crippen LogP contribution in [0, 0.1) is 0 Å². The summed E-state index contributed by atoms with van der Waals surface area (Å²) < 4.78 is 3.26. The molecule has 0 radical (unpaired) electrons. The molecule has 3 aromatic rings. The monoisotopic (exact) mass is 394 g/mol. The van der Waals surface area contributed by atoms with Gasteiger partial charge < -0.3 is 10.3 Å². The van der Waals surface area contributed by atoms with Gasteiger partial charge in [0.1, 0.15) is 5.82 Å². The highest BCUT2D eigenvalue weighted by molar-refractivity contribution is 7.99. The molecule has 2 aliphatic rings. The van der Waals surface area contributed by atoms with Crippen molar-refractivity contribution in [1.82, 2.24) is 24.6 Å². The fraction of sp³-hybridized carbons (Fsp3) is 0.167. The lowest BCUT2D eigenvalue weighted by molar-refractivity contribution is 0.0880. The normalized spacial score (nSPS) is 17.5. The number of pyridine rings is 1. The average molecular weight is 394 g/mol. The quantitative estimate of drug-likeness (QED) is 0.623. The maximum atomic E-state index is 12.6. The fourth-order valence-electron chi connectivity index (χ4n) is 3.56. The van der Waals surface area contributed by atoms with E-state index in [2.05, 4.69) is 22.4 Å². The number of aromatic nitrogens is 4. The Balaban J connectivity index is 1.66. The van der Waals surface area contributed by atoms with Crippen LogP contribution in [0.15, 0.2) is 40.3 Å². The zero-order valence-electron chi connectivity index (χ0n) is 14.7. The number of nitrogen functional groups attached to an aromatic ring is 1. The molecule has 1 unspecified atom stereocenters.